The Morgan fingerprint density at radius 2 is 2.11 bits per heavy atom. The Morgan fingerprint density at radius 1 is 1.33 bits per heavy atom. The van der Waals surface area contributed by atoms with Crippen molar-refractivity contribution in [1.82, 2.24) is 10.2 Å². The van der Waals surface area contributed by atoms with Crippen molar-refractivity contribution < 1.29 is 4.79 Å². The Morgan fingerprint density at radius 3 is 2.72 bits per heavy atom. The quantitative estimate of drug-likeness (QED) is 0.821. The molecular formula is C15H20N2O. The molecule has 1 heterocycles. The number of rotatable bonds is 4. The Bertz CT molecular complexity index is 425. The van der Waals surface area contributed by atoms with Gasteiger partial charge in [-0.25, -0.2) is 0 Å². The highest BCUT2D eigenvalue weighted by Crippen LogP contribution is 2.13. The molecule has 0 aromatic heterocycles. The van der Waals surface area contributed by atoms with Gasteiger partial charge >= 0.3 is 0 Å². The molecule has 0 atom stereocenters. The Kier molecular flexibility index (Phi) is 4.53. The molecule has 1 N–H and O–H groups in total. The predicted octanol–water partition coefficient (Wildman–Crippen LogP) is 1.95. The van der Waals surface area contributed by atoms with E-state index in [0.29, 0.717) is 6.54 Å². The minimum atomic E-state index is 0.0441. The number of carbonyl (C=O) groups excluding carboxylic acids is 1. The molecule has 0 radical (unpaired) electrons. The zero-order chi connectivity index (χ0) is 12.8. The van der Waals surface area contributed by atoms with Gasteiger partial charge in [0.15, 0.2) is 0 Å². The van der Waals surface area contributed by atoms with Gasteiger partial charge in [0, 0.05) is 33.1 Å². The minimum absolute atomic E-state index is 0.0441. The average molecular weight is 244 g/mol. The summed E-state index contributed by atoms with van der Waals surface area (Å²) in [6, 6.07) is 10.5. The van der Waals surface area contributed by atoms with Crippen LogP contribution in [0.2, 0.25) is 0 Å². The number of carbonyl (C=O) groups is 1. The topological polar surface area (TPSA) is 32.3 Å². The van der Waals surface area contributed by atoms with E-state index in [-0.39, 0.29) is 5.91 Å². The number of benzene rings is 1. The molecule has 0 aliphatic carbocycles. The SMILES string of the molecule is CC(=O)NCC1=CCN(Cc2ccccc2)CC1. The summed E-state index contributed by atoms with van der Waals surface area (Å²) in [5.74, 6) is 0.0441. The van der Waals surface area contributed by atoms with E-state index < -0.39 is 0 Å². The summed E-state index contributed by atoms with van der Waals surface area (Å²) in [7, 11) is 0. The van der Waals surface area contributed by atoms with Crippen LogP contribution in [0.1, 0.15) is 18.9 Å². The maximum absolute atomic E-state index is 10.8. The first-order valence-corrected chi connectivity index (χ1v) is 6.42. The van der Waals surface area contributed by atoms with Crippen molar-refractivity contribution in [1.29, 1.82) is 0 Å². The summed E-state index contributed by atoms with van der Waals surface area (Å²) >= 11 is 0. The molecular weight excluding hydrogens is 224 g/mol. The summed E-state index contributed by atoms with van der Waals surface area (Å²) in [5.41, 5.74) is 2.70. The normalized spacial score (nSPS) is 16.2. The smallest absolute Gasteiger partial charge is 0.217 e. The molecule has 18 heavy (non-hydrogen) atoms. The van der Waals surface area contributed by atoms with Crippen LogP contribution in [0.4, 0.5) is 0 Å². The fourth-order valence-electron chi connectivity index (χ4n) is 2.14. The van der Waals surface area contributed by atoms with E-state index in [4.69, 9.17) is 0 Å². The van der Waals surface area contributed by atoms with Crippen molar-refractivity contribution in [2.45, 2.75) is 19.9 Å². The molecule has 1 aliphatic rings. The number of amides is 1. The molecule has 1 amide bonds. The first kappa shape index (κ1) is 12.8. The first-order valence-electron chi connectivity index (χ1n) is 6.42. The predicted molar refractivity (Wildman–Crippen MR) is 73.1 cm³/mol. The fourth-order valence-corrected chi connectivity index (χ4v) is 2.14. The fraction of sp³-hybridized carbons (Fsp3) is 0.400. The molecule has 0 saturated carbocycles. The van der Waals surface area contributed by atoms with Crippen molar-refractivity contribution >= 4 is 5.91 Å². The first-order chi connectivity index (χ1) is 8.74. The zero-order valence-corrected chi connectivity index (χ0v) is 10.9. The second kappa shape index (κ2) is 6.36. The van der Waals surface area contributed by atoms with Gasteiger partial charge in [-0.1, -0.05) is 42.0 Å². The van der Waals surface area contributed by atoms with Crippen LogP contribution in [0.25, 0.3) is 0 Å². The van der Waals surface area contributed by atoms with Gasteiger partial charge in [-0.2, -0.15) is 0 Å². The van der Waals surface area contributed by atoms with Crippen molar-refractivity contribution in [3.05, 3.63) is 47.5 Å². The maximum Gasteiger partial charge on any atom is 0.217 e. The third kappa shape index (κ3) is 4.00. The van der Waals surface area contributed by atoms with Gasteiger partial charge in [-0.3, -0.25) is 9.69 Å². The van der Waals surface area contributed by atoms with Crippen LogP contribution in [0, 0.1) is 0 Å². The second-order valence-electron chi connectivity index (χ2n) is 4.74. The molecule has 0 fully saturated rings. The lowest BCUT2D eigenvalue weighted by molar-refractivity contribution is -0.118. The molecule has 1 aliphatic heterocycles. The highest BCUT2D eigenvalue weighted by molar-refractivity contribution is 5.73. The lowest BCUT2D eigenvalue weighted by atomic mass is 10.1. The average Bonchev–Trinajstić information content (AvgIpc) is 2.39. The standard InChI is InChI=1S/C15H20N2O/c1-13(18)16-11-14-7-9-17(10-8-14)12-15-5-3-2-4-6-15/h2-7H,8-12H2,1H3,(H,16,18). The van der Waals surface area contributed by atoms with Crippen molar-refractivity contribution in [3.8, 4) is 0 Å². The van der Waals surface area contributed by atoms with Gasteiger partial charge in [0.05, 0.1) is 0 Å². The van der Waals surface area contributed by atoms with Gasteiger partial charge in [0.1, 0.15) is 0 Å². The highest BCUT2D eigenvalue weighted by Gasteiger charge is 2.11. The van der Waals surface area contributed by atoms with Crippen LogP contribution in [-0.4, -0.2) is 30.4 Å². The summed E-state index contributed by atoms with van der Waals surface area (Å²) in [5, 5.41) is 2.85. The summed E-state index contributed by atoms with van der Waals surface area (Å²) < 4.78 is 0. The highest BCUT2D eigenvalue weighted by atomic mass is 16.1. The van der Waals surface area contributed by atoms with Crippen LogP contribution in [0.3, 0.4) is 0 Å². The zero-order valence-electron chi connectivity index (χ0n) is 10.9. The summed E-state index contributed by atoms with van der Waals surface area (Å²) in [6.45, 7) is 5.31. The Labute approximate surface area is 108 Å². The minimum Gasteiger partial charge on any atom is -0.353 e. The maximum atomic E-state index is 10.8. The largest absolute Gasteiger partial charge is 0.353 e. The number of hydrogen-bond donors (Lipinski definition) is 1. The number of nitrogens with one attached hydrogen (secondary N) is 1. The van der Waals surface area contributed by atoms with Crippen LogP contribution in [0.5, 0.6) is 0 Å². The van der Waals surface area contributed by atoms with Crippen LogP contribution >= 0.6 is 0 Å². The molecule has 1 aromatic carbocycles. The molecule has 0 bridgehead atoms. The van der Waals surface area contributed by atoms with Crippen LogP contribution in [0.15, 0.2) is 42.0 Å². The molecule has 96 valence electrons. The molecule has 3 nitrogen and oxygen atoms in total. The molecule has 0 unspecified atom stereocenters. The van der Waals surface area contributed by atoms with E-state index in [9.17, 15) is 4.79 Å². The van der Waals surface area contributed by atoms with Crippen molar-refractivity contribution in [2.75, 3.05) is 19.6 Å². The third-order valence-corrected chi connectivity index (χ3v) is 3.20. The molecule has 1 aromatic rings. The molecule has 2 rings (SSSR count). The van der Waals surface area contributed by atoms with Crippen LogP contribution < -0.4 is 5.32 Å². The lowest BCUT2D eigenvalue weighted by Crippen LogP contribution is -2.31. The van der Waals surface area contributed by atoms with Gasteiger partial charge < -0.3 is 5.32 Å². The van der Waals surface area contributed by atoms with Gasteiger partial charge in [0.25, 0.3) is 0 Å². The van der Waals surface area contributed by atoms with E-state index in [1.54, 1.807) is 6.92 Å². The summed E-state index contributed by atoms with van der Waals surface area (Å²) in [6.07, 6.45) is 3.29. The lowest BCUT2D eigenvalue weighted by Gasteiger charge is -2.26. The van der Waals surface area contributed by atoms with E-state index in [1.807, 2.05) is 6.07 Å². The van der Waals surface area contributed by atoms with E-state index in [1.165, 1.54) is 11.1 Å². The number of hydrogen-bond acceptors (Lipinski definition) is 2. The van der Waals surface area contributed by atoms with Gasteiger partial charge in [-0.05, 0) is 12.0 Å². The molecule has 0 spiro atoms. The van der Waals surface area contributed by atoms with Gasteiger partial charge in [-0.15, -0.1) is 0 Å². The molecule has 0 saturated heterocycles. The van der Waals surface area contributed by atoms with Crippen molar-refractivity contribution in [2.24, 2.45) is 0 Å². The van der Waals surface area contributed by atoms with Crippen molar-refractivity contribution in [3.63, 3.8) is 0 Å². The monoisotopic (exact) mass is 244 g/mol. The Hall–Kier alpha value is -1.61. The van der Waals surface area contributed by atoms with E-state index in [2.05, 4.69) is 40.6 Å². The second-order valence-corrected chi connectivity index (χ2v) is 4.74. The Balaban J connectivity index is 1.81. The van der Waals surface area contributed by atoms with Gasteiger partial charge in [0.2, 0.25) is 5.91 Å². The molecule has 3 heteroatoms. The van der Waals surface area contributed by atoms with E-state index >= 15 is 0 Å². The summed E-state index contributed by atoms with van der Waals surface area (Å²) in [4.78, 5) is 13.3. The third-order valence-electron chi connectivity index (χ3n) is 3.20. The van der Waals surface area contributed by atoms with E-state index in [0.717, 1.165) is 26.1 Å². The van der Waals surface area contributed by atoms with Crippen LogP contribution in [-0.2, 0) is 11.3 Å². The number of nitrogens with zero attached hydrogens (tertiary/aromatic N) is 1.